The zero-order valence-electron chi connectivity index (χ0n) is 8.17. The van der Waals surface area contributed by atoms with Crippen molar-refractivity contribution < 1.29 is 4.39 Å². The fourth-order valence-electron chi connectivity index (χ4n) is 1.33. The van der Waals surface area contributed by atoms with Gasteiger partial charge >= 0.3 is 0 Å². The van der Waals surface area contributed by atoms with Crippen LogP contribution in [-0.2, 0) is 0 Å². The van der Waals surface area contributed by atoms with Crippen LogP contribution in [0, 0.1) is 5.82 Å². The first-order chi connectivity index (χ1) is 6.77. The molecule has 1 aromatic rings. The van der Waals surface area contributed by atoms with Gasteiger partial charge in [-0.2, -0.15) is 11.8 Å². The third kappa shape index (κ3) is 3.62. The Morgan fingerprint density at radius 3 is 2.50 bits per heavy atom. The SMILES string of the molecule is CSCCC(CBr)c1ccc(F)cc1. The number of alkyl halides is 1. The molecular weight excluding hydrogens is 263 g/mol. The van der Waals surface area contributed by atoms with Crippen molar-refractivity contribution >= 4 is 27.7 Å². The molecule has 0 N–H and O–H groups in total. The van der Waals surface area contributed by atoms with E-state index in [0.29, 0.717) is 5.92 Å². The number of hydrogen-bond donors (Lipinski definition) is 0. The van der Waals surface area contributed by atoms with E-state index in [1.165, 1.54) is 17.7 Å². The van der Waals surface area contributed by atoms with Crippen LogP contribution in [0.5, 0.6) is 0 Å². The quantitative estimate of drug-likeness (QED) is 0.731. The first-order valence-electron chi connectivity index (χ1n) is 4.58. The van der Waals surface area contributed by atoms with E-state index in [1.54, 1.807) is 0 Å². The number of hydrogen-bond acceptors (Lipinski definition) is 1. The lowest BCUT2D eigenvalue weighted by atomic mass is 9.99. The normalized spacial score (nSPS) is 12.8. The van der Waals surface area contributed by atoms with E-state index in [0.717, 1.165) is 17.5 Å². The number of thioether (sulfide) groups is 1. The van der Waals surface area contributed by atoms with Crippen LogP contribution in [-0.4, -0.2) is 17.3 Å². The Hall–Kier alpha value is -0.0200. The molecule has 14 heavy (non-hydrogen) atoms. The topological polar surface area (TPSA) is 0 Å². The van der Waals surface area contributed by atoms with Crippen LogP contribution in [0.25, 0.3) is 0 Å². The van der Waals surface area contributed by atoms with E-state index in [9.17, 15) is 4.39 Å². The molecule has 0 aliphatic heterocycles. The average molecular weight is 277 g/mol. The summed E-state index contributed by atoms with van der Waals surface area (Å²) in [6.07, 6.45) is 3.24. The molecule has 0 aliphatic carbocycles. The first kappa shape index (κ1) is 12.1. The number of halogens is 2. The summed E-state index contributed by atoms with van der Waals surface area (Å²) in [4.78, 5) is 0. The third-order valence-electron chi connectivity index (χ3n) is 2.20. The molecule has 78 valence electrons. The highest BCUT2D eigenvalue weighted by atomic mass is 79.9. The van der Waals surface area contributed by atoms with E-state index in [1.807, 2.05) is 23.9 Å². The van der Waals surface area contributed by atoms with Gasteiger partial charge in [0.1, 0.15) is 5.82 Å². The molecule has 0 heterocycles. The van der Waals surface area contributed by atoms with Gasteiger partial charge < -0.3 is 0 Å². The highest BCUT2D eigenvalue weighted by molar-refractivity contribution is 9.09. The van der Waals surface area contributed by atoms with Gasteiger partial charge in [-0.05, 0) is 42.0 Å². The zero-order valence-corrected chi connectivity index (χ0v) is 10.6. The van der Waals surface area contributed by atoms with Crippen molar-refractivity contribution in [3.05, 3.63) is 35.6 Å². The highest BCUT2D eigenvalue weighted by Gasteiger charge is 2.09. The minimum absolute atomic E-state index is 0.160. The van der Waals surface area contributed by atoms with Crippen LogP contribution >= 0.6 is 27.7 Å². The first-order valence-corrected chi connectivity index (χ1v) is 7.10. The maximum Gasteiger partial charge on any atom is 0.123 e. The Labute approximate surface area is 97.4 Å². The second-order valence-electron chi connectivity index (χ2n) is 3.18. The second kappa shape index (κ2) is 6.46. The van der Waals surface area contributed by atoms with Crippen LogP contribution in [0.15, 0.2) is 24.3 Å². The Balaban J connectivity index is 2.64. The van der Waals surface area contributed by atoms with Crippen LogP contribution in [0.4, 0.5) is 4.39 Å². The smallest absolute Gasteiger partial charge is 0.123 e. The van der Waals surface area contributed by atoms with E-state index in [4.69, 9.17) is 0 Å². The van der Waals surface area contributed by atoms with E-state index in [-0.39, 0.29) is 5.82 Å². The molecule has 0 bridgehead atoms. The average Bonchev–Trinajstić information content (AvgIpc) is 2.21. The lowest BCUT2D eigenvalue weighted by Crippen LogP contribution is -2.01. The van der Waals surface area contributed by atoms with Crippen LogP contribution in [0.1, 0.15) is 17.9 Å². The lowest BCUT2D eigenvalue weighted by molar-refractivity contribution is 0.625. The highest BCUT2D eigenvalue weighted by Crippen LogP contribution is 2.23. The summed E-state index contributed by atoms with van der Waals surface area (Å²) in [5, 5.41) is 0.944. The molecule has 0 aromatic heterocycles. The lowest BCUT2D eigenvalue weighted by Gasteiger charge is -2.13. The van der Waals surface area contributed by atoms with Gasteiger partial charge in [0.05, 0.1) is 0 Å². The molecule has 1 unspecified atom stereocenters. The fraction of sp³-hybridized carbons (Fsp3) is 0.455. The van der Waals surface area contributed by atoms with Gasteiger partial charge in [-0.3, -0.25) is 0 Å². The molecule has 0 nitrogen and oxygen atoms in total. The zero-order chi connectivity index (χ0) is 10.4. The van der Waals surface area contributed by atoms with Crippen LogP contribution < -0.4 is 0 Å². The molecule has 1 atom stereocenters. The minimum Gasteiger partial charge on any atom is -0.207 e. The molecule has 0 fully saturated rings. The summed E-state index contributed by atoms with van der Waals surface area (Å²) >= 11 is 5.35. The molecule has 3 heteroatoms. The van der Waals surface area contributed by atoms with Crippen molar-refractivity contribution in [2.75, 3.05) is 17.3 Å². The largest absolute Gasteiger partial charge is 0.207 e. The summed E-state index contributed by atoms with van der Waals surface area (Å²) in [5.74, 6) is 1.49. The van der Waals surface area contributed by atoms with Crippen molar-refractivity contribution in [1.82, 2.24) is 0 Å². The van der Waals surface area contributed by atoms with E-state index >= 15 is 0 Å². The van der Waals surface area contributed by atoms with Crippen LogP contribution in [0.3, 0.4) is 0 Å². The number of benzene rings is 1. The fourth-order valence-corrected chi connectivity index (χ4v) is 2.55. The van der Waals surface area contributed by atoms with Crippen molar-refractivity contribution in [3.63, 3.8) is 0 Å². The summed E-state index contributed by atoms with van der Waals surface area (Å²) in [6, 6.07) is 6.82. The van der Waals surface area contributed by atoms with Crippen molar-refractivity contribution in [1.29, 1.82) is 0 Å². The maximum absolute atomic E-state index is 12.7. The van der Waals surface area contributed by atoms with Gasteiger partial charge in [0.25, 0.3) is 0 Å². The third-order valence-corrected chi connectivity index (χ3v) is 3.62. The number of rotatable bonds is 5. The Morgan fingerprint density at radius 2 is 2.00 bits per heavy atom. The van der Waals surface area contributed by atoms with Gasteiger partial charge in [-0.25, -0.2) is 4.39 Å². The van der Waals surface area contributed by atoms with Crippen molar-refractivity contribution in [2.24, 2.45) is 0 Å². The van der Waals surface area contributed by atoms with Gasteiger partial charge in [0.2, 0.25) is 0 Å². The van der Waals surface area contributed by atoms with Crippen molar-refractivity contribution in [2.45, 2.75) is 12.3 Å². The summed E-state index contributed by atoms with van der Waals surface area (Å²) < 4.78 is 12.7. The summed E-state index contributed by atoms with van der Waals surface area (Å²) in [6.45, 7) is 0. The molecular formula is C11H14BrFS. The molecule has 1 aromatic carbocycles. The minimum atomic E-state index is -0.160. The van der Waals surface area contributed by atoms with Gasteiger partial charge in [-0.15, -0.1) is 0 Å². The summed E-state index contributed by atoms with van der Waals surface area (Å²) in [5.41, 5.74) is 1.22. The van der Waals surface area contributed by atoms with E-state index in [2.05, 4.69) is 22.2 Å². The van der Waals surface area contributed by atoms with Crippen LogP contribution in [0.2, 0.25) is 0 Å². The standard InChI is InChI=1S/C11H14BrFS/c1-14-7-6-10(8-12)9-2-4-11(13)5-3-9/h2-5,10H,6-8H2,1H3. The molecule has 0 aliphatic rings. The monoisotopic (exact) mass is 276 g/mol. The molecule has 0 saturated heterocycles. The van der Waals surface area contributed by atoms with Crippen molar-refractivity contribution in [3.8, 4) is 0 Å². The van der Waals surface area contributed by atoms with Gasteiger partial charge in [-0.1, -0.05) is 28.1 Å². The van der Waals surface area contributed by atoms with E-state index < -0.39 is 0 Å². The predicted octanol–water partition coefficient (Wildman–Crippen LogP) is 4.06. The second-order valence-corrected chi connectivity index (χ2v) is 4.82. The molecule has 0 amide bonds. The predicted molar refractivity (Wildman–Crippen MR) is 65.9 cm³/mol. The van der Waals surface area contributed by atoms with Gasteiger partial charge in [0, 0.05) is 5.33 Å². The molecule has 1 rings (SSSR count). The Kier molecular flexibility index (Phi) is 5.56. The maximum atomic E-state index is 12.7. The molecule has 0 saturated carbocycles. The molecule has 0 radical (unpaired) electrons. The molecule has 0 spiro atoms. The Bertz CT molecular complexity index is 260. The Morgan fingerprint density at radius 1 is 1.36 bits per heavy atom. The van der Waals surface area contributed by atoms with Gasteiger partial charge in [0.15, 0.2) is 0 Å². The summed E-state index contributed by atoms with van der Waals surface area (Å²) in [7, 11) is 0.